The molecule has 0 aliphatic heterocycles. The highest BCUT2D eigenvalue weighted by molar-refractivity contribution is 9.10. The first-order valence-electron chi connectivity index (χ1n) is 7.79. The third-order valence-corrected chi connectivity index (χ3v) is 4.04. The van der Waals surface area contributed by atoms with Crippen LogP contribution in [0.25, 0.3) is 0 Å². The van der Waals surface area contributed by atoms with E-state index in [1.54, 1.807) is 0 Å². The van der Waals surface area contributed by atoms with Crippen molar-refractivity contribution in [3.63, 3.8) is 0 Å². The summed E-state index contributed by atoms with van der Waals surface area (Å²) in [5.41, 5.74) is 1.28. The van der Waals surface area contributed by atoms with Crippen LogP contribution in [0.15, 0.2) is 28.7 Å². The Hall–Kier alpha value is -0.420. The van der Waals surface area contributed by atoms with Crippen molar-refractivity contribution in [3.05, 3.63) is 34.3 Å². The molecule has 1 aromatic rings. The zero-order valence-corrected chi connectivity index (χ0v) is 14.6. The maximum absolute atomic E-state index is 10.2. The maximum atomic E-state index is 10.2. The van der Waals surface area contributed by atoms with Crippen LogP contribution in [0.1, 0.15) is 32.3 Å². The lowest BCUT2D eigenvalue weighted by molar-refractivity contribution is 0.00547. The van der Waals surface area contributed by atoms with Gasteiger partial charge in [-0.1, -0.05) is 41.9 Å². The number of hydrogen-bond acceptors (Lipinski definition) is 3. The highest BCUT2D eigenvalue weighted by Crippen LogP contribution is 2.28. The molecule has 0 spiro atoms. The predicted molar refractivity (Wildman–Crippen MR) is 89.2 cm³/mol. The van der Waals surface area contributed by atoms with Crippen LogP contribution in [0.4, 0.5) is 0 Å². The summed E-state index contributed by atoms with van der Waals surface area (Å²) in [5, 5.41) is 10.2. The average Bonchev–Trinajstić information content (AvgIpc) is 3.21. The van der Waals surface area contributed by atoms with Gasteiger partial charge in [0.05, 0.1) is 12.7 Å². The summed E-state index contributed by atoms with van der Waals surface area (Å²) in [4.78, 5) is 2.38. The van der Waals surface area contributed by atoms with Gasteiger partial charge in [-0.05, 0) is 36.5 Å². The van der Waals surface area contributed by atoms with Crippen LogP contribution in [0, 0.1) is 5.92 Å². The van der Waals surface area contributed by atoms with Crippen LogP contribution >= 0.6 is 15.9 Å². The van der Waals surface area contributed by atoms with Gasteiger partial charge in [0.25, 0.3) is 0 Å². The van der Waals surface area contributed by atoms with Crippen LogP contribution in [0.5, 0.6) is 0 Å². The number of rotatable bonds is 9. The number of aliphatic hydroxyl groups is 1. The highest BCUT2D eigenvalue weighted by Gasteiger charge is 2.30. The van der Waals surface area contributed by atoms with Gasteiger partial charge in [0.1, 0.15) is 0 Å². The van der Waals surface area contributed by atoms with Crippen LogP contribution in [0.3, 0.4) is 0 Å². The Morgan fingerprint density at radius 2 is 2.10 bits per heavy atom. The second kappa shape index (κ2) is 8.28. The minimum absolute atomic E-state index is 0.406. The fourth-order valence-electron chi connectivity index (χ4n) is 2.42. The van der Waals surface area contributed by atoms with Crippen molar-refractivity contribution < 1.29 is 9.84 Å². The van der Waals surface area contributed by atoms with E-state index >= 15 is 0 Å². The fraction of sp³-hybridized carbons (Fsp3) is 0.647. The number of nitrogens with zero attached hydrogens (tertiary/aromatic N) is 1. The monoisotopic (exact) mass is 355 g/mol. The molecule has 1 atom stereocenters. The van der Waals surface area contributed by atoms with E-state index in [-0.39, 0.29) is 0 Å². The minimum Gasteiger partial charge on any atom is -0.389 e. The lowest BCUT2D eigenvalue weighted by Gasteiger charge is -2.25. The van der Waals surface area contributed by atoms with E-state index in [4.69, 9.17) is 4.74 Å². The fourth-order valence-corrected chi connectivity index (χ4v) is 2.86. The molecule has 1 saturated carbocycles. The Balaban J connectivity index is 1.82. The number of halogens is 1. The Bertz CT molecular complexity index is 435. The Labute approximate surface area is 136 Å². The predicted octanol–water partition coefficient (Wildman–Crippen LogP) is 3.45. The normalized spacial score (nSPS) is 16.7. The van der Waals surface area contributed by atoms with E-state index in [0.717, 1.165) is 11.0 Å². The lowest BCUT2D eigenvalue weighted by Crippen LogP contribution is -2.36. The van der Waals surface area contributed by atoms with Gasteiger partial charge in [-0.25, -0.2) is 0 Å². The molecule has 118 valence electrons. The van der Waals surface area contributed by atoms with Gasteiger partial charge in [0.15, 0.2) is 0 Å². The molecule has 21 heavy (non-hydrogen) atoms. The highest BCUT2D eigenvalue weighted by atomic mass is 79.9. The first-order valence-corrected chi connectivity index (χ1v) is 8.58. The van der Waals surface area contributed by atoms with Gasteiger partial charge in [-0.3, -0.25) is 4.90 Å². The minimum atomic E-state index is -0.406. The number of hydrogen-bond donors (Lipinski definition) is 1. The third-order valence-electron chi connectivity index (χ3n) is 3.54. The van der Waals surface area contributed by atoms with E-state index in [0.29, 0.717) is 31.7 Å². The third kappa shape index (κ3) is 6.47. The van der Waals surface area contributed by atoms with Crippen LogP contribution in [-0.4, -0.2) is 41.9 Å². The van der Waals surface area contributed by atoms with Crippen LogP contribution in [0.2, 0.25) is 0 Å². The van der Waals surface area contributed by atoms with Gasteiger partial charge in [0.2, 0.25) is 0 Å². The smallest absolute Gasteiger partial charge is 0.0900 e. The largest absolute Gasteiger partial charge is 0.389 e. The molecule has 1 unspecified atom stereocenters. The van der Waals surface area contributed by atoms with Crippen LogP contribution in [-0.2, 0) is 11.3 Å². The summed E-state index contributed by atoms with van der Waals surface area (Å²) >= 11 is 3.52. The van der Waals surface area contributed by atoms with Gasteiger partial charge >= 0.3 is 0 Å². The molecule has 1 aromatic carbocycles. The molecule has 1 aliphatic carbocycles. The van der Waals surface area contributed by atoms with Crippen molar-refractivity contribution in [2.75, 3.05) is 19.8 Å². The van der Waals surface area contributed by atoms with Gasteiger partial charge < -0.3 is 9.84 Å². The van der Waals surface area contributed by atoms with Crippen LogP contribution < -0.4 is 0 Å². The quantitative estimate of drug-likeness (QED) is 0.736. The molecule has 1 aliphatic rings. The number of ether oxygens (including phenoxy) is 1. The number of benzene rings is 1. The summed E-state index contributed by atoms with van der Waals surface area (Å²) in [6.45, 7) is 6.97. The van der Waals surface area contributed by atoms with Crippen molar-refractivity contribution in [3.8, 4) is 0 Å². The lowest BCUT2D eigenvalue weighted by atomic mass is 10.2. The van der Waals surface area contributed by atoms with Crippen molar-refractivity contribution in [1.29, 1.82) is 0 Å². The zero-order valence-electron chi connectivity index (χ0n) is 13.0. The molecular formula is C17H26BrNO2. The molecule has 4 heteroatoms. The van der Waals surface area contributed by atoms with E-state index < -0.39 is 6.10 Å². The summed E-state index contributed by atoms with van der Waals surface area (Å²) in [6, 6.07) is 9.02. The SMILES string of the molecule is CC(C)COCC(O)CN(Cc1cccc(Br)c1)C1CC1. The second-order valence-corrected chi connectivity index (χ2v) is 7.29. The number of aliphatic hydroxyl groups excluding tert-OH is 1. The van der Waals surface area contributed by atoms with E-state index in [1.165, 1.54) is 18.4 Å². The van der Waals surface area contributed by atoms with Crippen molar-refractivity contribution in [1.82, 2.24) is 4.90 Å². The molecule has 0 aromatic heterocycles. The Morgan fingerprint density at radius 1 is 1.33 bits per heavy atom. The first-order chi connectivity index (χ1) is 10.0. The molecule has 1 fully saturated rings. The standard InChI is InChI=1S/C17H26BrNO2/c1-13(2)11-21-12-17(20)10-19(16-6-7-16)9-14-4-3-5-15(18)8-14/h3-5,8,13,16-17,20H,6-7,9-12H2,1-2H3. The van der Waals surface area contributed by atoms with E-state index in [2.05, 4.69) is 52.9 Å². The van der Waals surface area contributed by atoms with Crippen molar-refractivity contribution >= 4 is 15.9 Å². The summed E-state index contributed by atoms with van der Waals surface area (Å²) in [7, 11) is 0. The summed E-state index contributed by atoms with van der Waals surface area (Å²) < 4.78 is 6.65. The van der Waals surface area contributed by atoms with Gasteiger partial charge in [-0.15, -0.1) is 0 Å². The molecule has 0 saturated heterocycles. The van der Waals surface area contributed by atoms with Gasteiger partial charge in [0, 0.05) is 30.2 Å². The molecule has 0 heterocycles. The van der Waals surface area contributed by atoms with E-state index in [9.17, 15) is 5.11 Å². The summed E-state index contributed by atoms with van der Waals surface area (Å²) in [5.74, 6) is 0.512. The van der Waals surface area contributed by atoms with Crippen molar-refractivity contribution in [2.45, 2.75) is 45.4 Å². The molecule has 0 amide bonds. The molecule has 0 radical (unpaired) electrons. The maximum Gasteiger partial charge on any atom is 0.0900 e. The topological polar surface area (TPSA) is 32.7 Å². The van der Waals surface area contributed by atoms with E-state index in [1.807, 2.05) is 6.07 Å². The molecular weight excluding hydrogens is 330 g/mol. The second-order valence-electron chi connectivity index (χ2n) is 6.38. The molecule has 1 N–H and O–H groups in total. The average molecular weight is 356 g/mol. The van der Waals surface area contributed by atoms with Crippen molar-refractivity contribution in [2.24, 2.45) is 5.92 Å². The molecule has 0 bridgehead atoms. The van der Waals surface area contributed by atoms with Gasteiger partial charge in [-0.2, -0.15) is 0 Å². The first kappa shape index (κ1) is 16.9. The summed E-state index contributed by atoms with van der Waals surface area (Å²) in [6.07, 6.45) is 2.08. The Kier molecular flexibility index (Phi) is 6.68. The zero-order chi connectivity index (χ0) is 15.2. The molecule has 2 rings (SSSR count). The Morgan fingerprint density at radius 3 is 2.71 bits per heavy atom. The molecule has 3 nitrogen and oxygen atoms in total.